The second kappa shape index (κ2) is 5.14. The summed E-state index contributed by atoms with van der Waals surface area (Å²) in [4.78, 5) is 10.9. The van der Waals surface area contributed by atoms with Crippen LogP contribution in [0, 0.1) is 0 Å². The number of rotatable bonds is 4. The Morgan fingerprint density at radius 2 is 2.20 bits per heavy atom. The summed E-state index contributed by atoms with van der Waals surface area (Å²) in [5.74, 6) is -0.781. The number of carbonyl (C=O) groups is 1. The van der Waals surface area contributed by atoms with E-state index in [0.29, 0.717) is 22.4 Å². The predicted octanol–water partition coefficient (Wildman–Crippen LogP) is 2.04. The third-order valence-corrected chi connectivity index (χ3v) is 2.39. The predicted molar refractivity (Wildman–Crippen MR) is 58.2 cm³/mol. The molecule has 0 aliphatic carbocycles. The van der Waals surface area contributed by atoms with Gasteiger partial charge in [-0.15, -0.1) is 0 Å². The van der Waals surface area contributed by atoms with Crippen LogP contribution in [0.25, 0.3) is 0 Å². The van der Waals surface area contributed by atoms with E-state index in [9.17, 15) is 4.79 Å². The maximum absolute atomic E-state index is 10.9. The molecule has 15 heavy (non-hydrogen) atoms. The van der Waals surface area contributed by atoms with E-state index in [1.54, 1.807) is 13.0 Å². The molecule has 0 bridgehead atoms. The highest BCUT2D eigenvalue weighted by Gasteiger charge is 2.15. The number of halogens is 1. The Morgan fingerprint density at radius 3 is 2.67 bits per heavy atom. The van der Waals surface area contributed by atoms with Crippen LogP contribution in [0.15, 0.2) is 16.6 Å². The average Bonchev–Trinajstić information content (AvgIpc) is 2.20. The van der Waals surface area contributed by atoms with Gasteiger partial charge in [0, 0.05) is 0 Å². The molecule has 0 saturated heterocycles. The molecule has 1 rings (SSSR count). The maximum Gasteiger partial charge on any atom is 0.339 e. The molecule has 0 aromatic heterocycles. The summed E-state index contributed by atoms with van der Waals surface area (Å²) in [5, 5.41) is 17.9. The average molecular weight is 275 g/mol. The highest BCUT2D eigenvalue weighted by atomic mass is 79.9. The van der Waals surface area contributed by atoms with Crippen LogP contribution in [-0.4, -0.2) is 22.8 Å². The van der Waals surface area contributed by atoms with Crippen molar-refractivity contribution >= 4 is 21.9 Å². The molecule has 0 amide bonds. The summed E-state index contributed by atoms with van der Waals surface area (Å²) in [6.07, 6.45) is 0. The number of aliphatic hydroxyl groups excluding tert-OH is 1. The summed E-state index contributed by atoms with van der Waals surface area (Å²) >= 11 is 3.21. The second-order valence-corrected chi connectivity index (χ2v) is 3.70. The minimum atomic E-state index is -1.07. The van der Waals surface area contributed by atoms with Crippen molar-refractivity contribution in [3.63, 3.8) is 0 Å². The molecule has 1 aromatic carbocycles. The first kappa shape index (κ1) is 12.0. The third kappa shape index (κ3) is 2.70. The SMILES string of the molecule is CCOc1c(Br)cc(CO)cc1C(=O)O. The van der Waals surface area contributed by atoms with Crippen molar-refractivity contribution in [3.05, 3.63) is 27.7 Å². The van der Waals surface area contributed by atoms with Gasteiger partial charge in [0.25, 0.3) is 0 Å². The fourth-order valence-electron chi connectivity index (χ4n) is 1.19. The highest BCUT2D eigenvalue weighted by molar-refractivity contribution is 9.10. The van der Waals surface area contributed by atoms with E-state index < -0.39 is 5.97 Å². The molecule has 0 aliphatic heterocycles. The number of ether oxygens (including phenoxy) is 1. The number of aliphatic hydroxyl groups is 1. The maximum atomic E-state index is 10.9. The Hall–Kier alpha value is -1.07. The molecule has 5 heteroatoms. The molecule has 0 saturated carbocycles. The Balaban J connectivity index is 3.28. The largest absolute Gasteiger partial charge is 0.492 e. The first-order valence-corrected chi connectivity index (χ1v) is 5.18. The molecule has 0 spiro atoms. The molecule has 82 valence electrons. The van der Waals surface area contributed by atoms with Crippen LogP contribution in [0.2, 0.25) is 0 Å². The van der Waals surface area contributed by atoms with E-state index in [-0.39, 0.29) is 12.2 Å². The quantitative estimate of drug-likeness (QED) is 0.882. The van der Waals surface area contributed by atoms with E-state index >= 15 is 0 Å². The molecule has 0 radical (unpaired) electrons. The normalized spacial score (nSPS) is 10.1. The zero-order valence-corrected chi connectivity index (χ0v) is 9.74. The minimum absolute atomic E-state index is 0.0512. The Bertz CT molecular complexity index is 376. The van der Waals surface area contributed by atoms with E-state index in [1.165, 1.54) is 6.07 Å². The van der Waals surface area contributed by atoms with Crippen molar-refractivity contribution in [3.8, 4) is 5.75 Å². The molecule has 1 aromatic rings. The Labute approximate surface area is 95.6 Å². The summed E-state index contributed by atoms with van der Waals surface area (Å²) in [6, 6.07) is 3.04. The summed E-state index contributed by atoms with van der Waals surface area (Å²) in [7, 11) is 0. The molecular formula is C10H11BrO4. The van der Waals surface area contributed by atoms with E-state index in [4.69, 9.17) is 14.9 Å². The number of carboxylic acids is 1. The Morgan fingerprint density at radius 1 is 1.53 bits per heavy atom. The first-order chi connectivity index (χ1) is 7.10. The zero-order valence-electron chi connectivity index (χ0n) is 8.16. The van der Waals surface area contributed by atoms with Crippen molar-refractivity contribution in [2.75, 3.05) is 6.61 Å². The van der Waals surface area contributed by atoms with Gasteiger partial charge in [-0.3, -0.25) is 0 Å². The van der Waals surface area contributed by atoms with Crippen molar-refractivity contribution in [1.29, 1.82) is 0 Å². The van der Waals surface area contributed by atoms with Crippen LogP contribution < -0.4 is 4.74 Å². The van der Waals surface area contributed by atoms with Gasteiger partial charge in [-0.25, -0.2) is 4.79 Å². The third-order valence-electron chi connectivity index (χ3n) is 1.81. The molecule has 0 atom stereocenters. The number of benzene rings is 1. The van der Waals surface area contributed by atoms with Gasteiger partial charge in [0.05, 0.1) is 17.7 Å². The second-order valence-electron chi connectivity index (χ2n) is 2.85. The van der Waals surface area contributed by atoms with Crippen LogP contribution in [-0.2, 0) is 6.61 Å². The monoisotopic (exact) mass is 274 g/mol. The number of aromatic carboxylic acids is 1. The fourth-order valence-corrected chi connectivity index (χ4v) is 1.81. The van der Waals surface area contributed by atoms with Gasteiger partial charge in [-0.05, 0) is 40.5 Å². The van der Waals surface area contributed by atoms with E-state index in [0.717, 1.165) is 0 Å². The van der Waals surface area contributed by atoms with Crippen LogP contribution in [0.4, 0.5) is 0 Å². The highest BCUT2D eigenvalue weighted by Crippen LogP contribution is 2.31. The van der Waals surface area contributed by atoms with Gasteiger partial charge in [0.2, 0.25) is 0 Å². The summed E-state index contributed by atoms with van der Waals surface area (Å²) in [6.45, 7) is 1.96. The number of hydrogen-bond donors (Lipinski definition) is 2. The number of carboxylic acid groups (broad SMARTS) is 1. The zero-order chi connectivity index (χ0) is 11.4. The molecular weight excluding hydrogens is 264 g/mol. The van der Waals surface area contributed by atoms with Gasteiger partial charge in [0.15, 0.2) is 0 Å². The lowest BCUT2D eigenvalue weighted by Crippen LogP contribution is -2.05. The standard InChI is InChI=1S/C10H11BrO4/c1-2-15-9-7(10(13)14)3-6(5-12)4-8(9)11/h3-4,12H,2,5H2,1H3,(H,13,14). The van der Waals surface area contributed by atoms with Gasteiger partial charge in [0.1, 0.15) is 11.3 Å². The Kier molecular flexibility index (Phi) is 4.11. The molecule has 0 aliphatic rings. The summed E-state index contributed by atoms with van der Waals surface area (Å²) < 4.78 is 5.75. The first-order valence-electron chi connectivity index (χ1n) is 4.39. The number of hydrogen-bond acceptors (Lipinski definition) is 3. The molecule has 2 N–H and O–H groups in total. The van der Waals surface area contributed by atoms with E-state index in [2.05, 4.69) is 15.9 Å². The topological polar surface area (TPSA) is 66.8 Å². The van der Waals surface area contributed by atoms with E-state index in [1.807, 2.05) is 0 Å². The molecule has 0 unspecified atom stereocenters. The van der Waals surface area contributed by atoms with Crippen molar-refractivity contribution in [1.82, 2.24) is 0 Å². The van der Waals surface area contributed by atoms with Crippen molar-refractivity contribution in [2.24, 2.45) is 0 Å². The molecule has 0 fully saturated rings. The van der Waals surface area contributed by atoms with Crippen LogP contribution in [0.1, 0.15) is 22.8 Å². The lowest BCUT2D eigenvalue weighted by molar-refractivity contribution is 0.0692. The minimum Gasteiger partial charge on any atom is -0.492 e. The molecule has 0 heterocycles. The lowest BCUT2D eigenvalue weighted by Gasteiger charge is -2.10. The van der Waals surface area contributed by atoms with Crippen LogP contribution >= 0.6 is 15.9 Å². The fraction of sp³-hybridized carbons (Fsp3) is 0.300. The smallest absolute Gasteiger partial charge is 0.339 e. The summed E-state index contributed by atoms with van der Waals surface area (Å²) in [5.41, 5.74) is 0.581. The van der Waals surface area contributed by atoms with Crippen LogP contribution in [0.5, 0.6) is 5.75 Å². The van der Waals surface area contributed by atoms with Gasteiger partial charge in [-0.1, -0.05) is 0 Å². The van der Waals surface area contributed by atoms with Gasteiger partial charge in [-0.2, -0.15) is 0 Å². The molecule has 4 nitrogen and oxygen atoms in total. The van der Waals surface area contributed by atoms with Gasteiger partial charge >= 0.3 is 5.97 Å². The van der Waals surface area contributed by atoms with Crippen molar-refractivity contribution < 1.29 is 19.7 Å². The van der Waals surface area contributed by atoms with Gasteiger partial charge < -0.3 is 14.9 Å². The lowest BCUT2D eigenvalue weighted by atomic mass is 10.1. The van der Waals surface area contributed by atoms with Crippen LogP contribution in [0.3, 0.4) is 0 Å². The van der Waals surface area contributed by atoms with Crippen molar-refractivity contribution in [2.45, 2.75) is 13.5 Å².